The van der Waals surface area contributed by atoms with E-state index in [0.29, 0.717) is 23.0 Å². The van der Waals surface area contributed by atoms with Gasteiger partial charge in [0.15, 0.2) is 5.69 Å². The van der Waals surface area contributed by atoms with Gasteiger partial charge in [-0.15, -0.1) is 0 Å². The molecule has 0 bridgehead atoms. The third-order valence-corrected chi connectivity index (χ3v) is 4.87. The lowest BCUT2D eigenvalue weighted by Crippen LogP contribution is -2.32. The maximum absolute atomic E-state index is 13.2. The molecule has 1 aliphatic rings. The number of benzene rings is 2. The summed E-state index contributed by atoms with van der Waals surface area (Å²) in [5, 5.41) is 7.62. The number of aromatic amines is 1. The summed E-state index contributed by atoms with van der Waals surface area (Å²) >= 11 is 0. The van der Waals surface area contributed by atoms with E-state index in [4.69, 9.17) is 0 Å². The van der Waals surface area contributed by atoms with E-state index >= 15 is 0 Å². The molecule has 1 aliphatic heterocycles. The molecule has 0 radical (unpaired) electrons. The normalized spacial score (nSPS) is 17.2. The Hall–Kier alpha value is -2.95. The van der Waals surface area contributed by atoms with Crippen LogP contribution in [0.4, 0.5) is 0 Å². The van der Waals surface area contributed by atoms with Crippen LogP contribution in [0.1, 0.15) is 40.5 Å². The zero-order valence-electron chi connectivity index (χ0n) is 14.0. The first-order valence-electron chi connectivity index (χ1n) is 8.50. The van der Waals surface area contributed by atoms with E-state index in [0.717, 1.165) is 18.4 Å². The number of rotatable bonds is 2. The molecule has 1 amide bonds. The van der Waals surface area contributed by atoms with Crippen LogP contribution in [0.3, 0.4) is 0 Å². The van der Waals surface area contributed by atoms with Crippen LogP contribution in [0.25, 0.3) is 10.8 Å². The number of H-pyrrole nitrogens is 1. The van der Waals surface area contributed by atoms with Gasteiger partial charge in [0.2, 0.25) is 0 Å². The van der Waals surface area contributed by atoms with Crippen molar-refractivity contribution in [3.8, 4) is 0 Å². The topological polar surface area (TPSA) is 66.1 Å². The average Bonchev–Trinajstić information content (AvgIpc) is 3.12. The summed E-state index contributed by atoms with van der Waals surface area (Å²) < 4.78 is 0. The first-order chi connectivity index (χ1) is 12.1. The highest BCUT2D eigenvalue weighted by Gasteiger charge is 2.32. The predicted octanol–water partition coefficient (Wildman–Crippen LogP) is 3.21. The van der Waals surface area contributed by atoms with Gasteiger partial charge in [-0.25, -0.2) is 5.10 Å². The van der Waals surface area contributed by atoms with Crippen LogP contribution in [0.15, 0.2) is 53.3 Å². The number of aryl methyl sites for hydroxylation is 1. The number of amides is 1. The predicted molar refractivity (Wildman–Crippen MR) is 96.6 cm³/mol. The fourth-order valence-electron chi connectivity index (χ4n) is 3.56. The summed E-state index contributed by atoms with van der Waals surface area (Å²) in [5.74, 6) is -0.129. The second kappa shape index (κ2) is 6.16. The van der Waals surface area contributed by atoms with Gasteiger partial charge in [0.25, 0.3) is 11.5 Å². The van der Waals surface area contributed by atoms with Gasteiger partial charge in [-0.05, 0) is 31.4 Å². The zero-order chi connectivity index (χ0) is 17.4. The van der Waals surface area contributed by atoms with Gasteiger partial charge in [0, 0.05) is 11.9 Å². The first-order valence-corrected chi connectivity index (χ1v) is 8.50. The molecule has 1 saturated heterocycles. The highest BCUT2D eigenvalue weighted by molar-refractivity contribution is 6.04. The van der Waals surface area contributed by atoms with Crippen molar-refractivity contribution in [2.24, 2.45) is 0 Å². The maximum Gasteiger partial charge on any atom is 0.275 e. The Labute approximate surface area is 145 Å². The van der Waals surface area contributed by atoms with E-state index < -0.39 is 0 Å². The second-order valence-electron chi connectivity index (χ2n) is 6.51. The van der Waals surface area contributed by atoms with Gasteiger partial charge in [-0.2, -0.15) is 5.10 Å². The fourth-order valence-corrected chi connectivity index (χ4v) is 3.56. The molecule has 126 valence electrons. The van der Waals surface area contributed by atoms with E-state index in [1.165, 1.54) is 5.56 Å². The van der Waals surface area contributed by atoms with Gasteiger partial charge in [0.1, 0.15) is 0 Å². The summed E-state index contributed by atoms with van der Waals surface area (Å²) in [7, 11) is 0. The number of fused-ring (bicyclic) bond motifs is 1. The zero-order valence-corrected chi connectivity index (χ0v) is 14.0. The van der Waals surface area contributed by atoms with Crippen molar-refractivity contribution in [1.29, 1.82) is 0 Å². The van der Waals surface area contributed by atoms with Crippen molar-refractivity contribution in [1.82, 2.24) is 15.1 Å². The van der Waals surface area contributed by atoms with E-state index in [-0.39, 0.29) is 17.5 Å². The lowest BCUT2D eigenvalue weighted by molar-refractivity contribution is 0.0730. The van der Waals surface area contributed by atoms with Gasteiger partial charge in [-0.1, -0.05) is 48.0 Å². The van der Waals surface area contributed by atoms with E-state index in [1.54, 1.807) is 18.2 Å². The summed E-state index contributed by atoms with van der Waals surface area (Å²) in [5.41, 5.74) is 2.39. The molecule has 1 fully saturated rings. The molecule has 4 rings (SSSR count). The van der Waals surface area contributed by atoms with E-state index in [9.17, 15) is 9.59 Å². The molecule has 1 atom stereocenters. The van der Waals surface area contributed by atoms with E-state index in [1.807, 2.05) is 11.0 Å². The molecule has 0 spiro atoms. The Kier molecular flexibility index (Phi) is 3.84. The summed E-state index contributed by atoms with van der Waals surface area (Å²) in [6, 6.07) is 15.5. The highest BCUT2D eigenvalue weighted by atomic mass is 16.2. The van der Waals surface area contributed by atoms with Crippen molar-refractivity contribution in [2.45, 2.75) is 25.8 Å². The van der Waals surface area contributed by atoms with Gasteiger partial charge in [0.05, 0.1) is 11.4 Å². The summed E-state index contributed by atoms with van der Waals surface area (Å²) in [6.07, 6.45) is 1.90. The number of carbonyl (C=O) groups is 1. The van der Waals surface area contributed by atoms with E-state index in [2.05, 4.69) is 41.4 Å². The Bertz CT molecular complexity index is 992. The SMILES string of the molecule is Cc1ccc(C2CCCN2C(=O)c2n[nH]c(=O)c3ccccc23)cc1. The first kappa shape index (κ1) is 15.6. The van der Waals surface area contributed by atoms with Crippen molar-refractivity contribution < 1.29 is 4.79 Å². The van der Waals surface area contributed by atoms with Crippen LogP contribution < -0.4 is 5.56 Å². The number of likely N-dealkylation sites (tertiary alicyclic amines) is 1. The Morgan fingerprint density at radius 1 is 1.12 bits per heavy atom. The summed E-state index contributed by atoms with van der Waals surface area (Å²) in [4.78, 5) is 27.0. The Morgan fingerprint density at radius 3 is 2.60 bits per heavy atom. The van der Waals surface area contributed by atoms with Crippen LogP contribution >= 0.6 is 0 Å². The van der Waals surface area contributed by atoms with Gasteiger partial charge < -0.3 is 4.90 Å². The monoisotopic (exact) mass is 333 g/mol. The van der Waals surface area contributed by atoms with Crippen LogP contribution in [0, 0.1) is 6.92 Å². The molecule has 25 heavy (non-hydrogen) atoms. The molecule has 0 saturated carbocycles. The van der Waals surface area contributed by atoms with Crippen molar-refractivity contribution in [2.75, 3.05) is 6.54 Å². The van der Waals surface area contributed by atoms with Gasteiger partial charge >= 0.3 is 0 Å². The average molecular weight is 333 g/mol. The summed E-state index contributed by atoms with van der Waals surface area (Å²) in [6.45, 7) is 2.75. The minimum Gasteiger partial charge on any atom is -0.330 e. The molecule has 2 heterocycles. The molecule has 0 aliphatic carbocycles. The van der Waals surface area contributed by atoms with Crippen LogP contribution in [0.2, 0.25) is 0 Å². The molecule has 2 aromatic carbocycles. The Morgan fingerprint density at radius 2 is 1.84 bits per heavy atom. The lowest BCUT2D eigenvalue weighted by atomic mass is 10.0. The lowest BCUT2D eigenvalue weighted by Gasteiger charge is -2.25. The standard InChI is InChI=1S/C20H19N3O2/c1-13-8-10-14(11-9-13)17-7-4-12-23(17)20(25)18-15-5-2-3-6-16(15)19(24)22-21-18/h2-3,5-6,8-11,17H,4,7,12H2,1H3,(H,22,24). The molecule has 3 aromatic rings. The molecule has 5 nitrogen and oxygen atoms in total. The minimum absolute atomic E-state index is 0.0561. The minimum atomic E-state index is -0.274. The second-order valence-corrected chi connectivity index (χ2v) is 6.51. The molecule has 1 N–H and O–H groups in total. The molecule has 1 aromatic heterocycles. The number of hydrogen-bond acceptors (Lipinski definition) is 3. The highest BCUT2D eigenvalue weighted by Crippen LogP contribution is 2.33. The molecular formula is C20H19N3O2. The third-order valence-electron chi connectivity index (χ3n) is 4.87. The fraction of sp³-hybridized carbons (Fsp3) is 0.250. The van der Waals surface area contributed by atoms with Crippen LogP contribution in [0.5, 0.6) is 0 Å². The Balaban J connectivity index is 1.74. The largest absolute Gasteiger partial charge is 0.330 e. The quantitative estimate of drug-likeness (QED) is 0.783. The van der Waals surface area contributed by atoms with Gasteiger partial charge in [-0.3, -0.25) is 9.59 Å². The maximum atomic E-state index is 13.2. The molecule has 5 heteroatoms. The number of aromatic nitrogens is 2. The number of nitrogens with zero attached hydrogens (tertiary/aromatic N) is 2. The smallest absolute Gasteiger partial charge is 0.275 e. The molecular weight excluding hydrogens is 314 g/mol. The molecule has 1 unspecified atom stereocenters. The number of carbonyl (C=O) groups excluding carboxylic acids is 1. The van der Waals surface area contributed by atoms with Crippen LogP contribution in [-0.2, 0) is 0 Å². The number of hydrogen-bond donors (Lipinski definition) is 1. The van der Waals surface area contributed by atoms with Crippen LogP contribution in [-0.4, -0.2) is 27.5 Å². The van der Waals surface area contributed by atoms with Crippen molar-refractivity contribution in [3.63, 3.8) is 0 Å². The van der Waals surface area contributed by atoms with Crippen molar-refractivity contribution >= 4 is 16.7 Å². The van der Waals surface area contributed by atoms with Crippen molar-refractivity contribution in [3.05, 3.63) is 75.7 Å². The third kappa shape index (κ3) is 2.71. The number of nitrogens with one attached hydrogen (secondary N) is 1.